The van der Waals surface area contributed by atoms with Crippen LogP contribution in [-0.2, 0) is 21.2 Å². The average Bonchev–Trinajstić information content (AvgIpc) is 3.13. The Bertz CT molecular complexity index is 1470. The normalized spacial score (nSPS) is 11.6. The molecule has 0 unspecified atom stereocenters. The van der Waals surface area contributed by atoms with Crippen LogP contribution in [0.25, 0.3) is 16.7 Å². The number of nitrogens with one attached hydrogen (secondary N) is 1. The fourth-order valence-corrected chi connectivity index (χ4v) is 3.99. The van der Waals surface area contributed by atoms with E-state index in [1.54, 1.807) is 24.3 Å². The van der Waals surface area contributed by atoms with E-state index in [1.165, 1.54) is 12.1 Å². The summed E-state index contributed by atoms with van der Waals surface area (Å²) in [5.74, 6) is -2.25. The van der Waals surface area contributed by atoms with Gasteiger partial charge in [-0.2, -0.15) is 0 Å². The van der Waals surface area contributed by atoms with Gasteiger partial charge in [0.25, 0.3) is 0 Å². The molecule has 4 aromatic rings. The van der Waals surface area contributed by atoms with Crippen molar-refractivity contribution in [3.05, 3.63) is 76.8 Å². The zero-order valence-corrected chi connectivity index (χ0v) is 17.7. The van der Waals surface area contributed by atoms with Gasteiger partial charge in [-0.1, -0.05) is 29.8 Å². The topological polar surface area (TPSA) is 120 Å². The molecule has 1 aromatic heterocycles. The number of primary sulfonamides is 1. The molecule has 0 aliphatic heterocycles. The Morgan fingerprint density at radius 1 is 1.09 bits per heavy atom. The summed E-state index contributed by atoms with van der Waals surface area (Å²) in [5, 5.41) is 16.2. The lowest BCUT2D eigenvalue weighted by Crippen LogP contribution is -2.18. The van der Waals surface area contributed by atoms with Gasteiger partial charge in [0.2, 0.25) is 15.9 Å². The zero-order chi connectivity index (χ0) is 23.0. The van der Waals surface area contributed by atoms with Crippen LogP contribution in [0.4, 0.5) is 14.5 Å². The largest absolute Gasteiger partial charge is 0.326 e. The maximum Gasteiger partial charge on any atom is 0.240 e. The van der Waals surface area contributed by atoms with Gasteiger partial charge in [0.15, 0.2) is 5.82 Å². The Morgan fingerprint density at radius 2 is 1.84 bits per heavy atom. The lowest BCUT2D eigenvalue weighted by Gasteiger charge is -2.11. The monoisotopic (exact) mass is 477 g/mol. The van der Waals surface area contributed by atoms with Crippen LogP contribution in [-0.4, -0.2) is 29.3 Å². The zero-order valence-electron chi connectivity index (χ0n) is 16.1. The number of nitrogens with zero attached hydrogens (tertiary/aromatic N) is 3. The first kappa shape index (κ1) is 21.8. The van der Waals surface area contributed by atoms with Gasteiger partial charge in [0, 0.05) is 22.8 Å². The molecule has 12 heteroatoms. The van der Waals surface area contributed by atoms with Crippen LogP contribution in [0.3, 0.4) is 0 Å². The summed E-state index contributed by atoms with van der Waals surface area (Å²) in [5.41, 5.74) is 0.275. The van der Waals surface area contributed by atoms with E-state index in [0.717, 1.165) is 16.9 Å². The molecule has 3 N–H and O–H groups in total. The van der Waals surface area contributed by atoms with Crippen molar-refractivity contribution in [2.45, 2.75) is 11.3 Å². The van der Waals surface area contributed by atoms with E-state index >= 15 is 0 Å². The minimum Gasteiger partial charge on any atom is -0.326 e. The molecule has 0 saturated heterocycles. The number of hydrogen-bond donors (Lipinski definition) is 2. The van der Waals surface area contributed by atoms with Crippen molar-refractivity contribution in [2.24, 2.45) is 5.14 Å². The number of amides is 1. The number of benzene rings is 3. The first-order valence-corrected chi connectivity index (χ1v) is 11.0. The predicted molar refractivity (Wildman–Crippen MR) is 114 cm³/mol. The lowest BCUT2D eigenvalue weighted by atomic mass is 10.1. The van der Waals surface area contributed by atoms with Crippen LogP contribution >= 0.6 is 11.6 Å². The molecule has 1 heterocycles. The number of sulfonamides is 1. The van der Waals surface area contributed by atoms with Crippen LogP contribution in [0.2, 0.25) is 5.02 Å². The Morgan fingerprint density at radius 3 is 2.56 bits per heavy atom. The summed E-state index contributed by atoms with van der Waals surface area (Å²) < 4.78 is 51.8. The molecule has 0 radical (unpaired) electrons. The number of hydrogen-bond acceptors (Lipinski definition) is 5. The van der Waals surface area contributed by atoms with E-state index in [2.05, 4.69) is 15.5 Å². The highest BCUT2D eigenvalue weighted by atomic mass is 35.5. The number of nitrogens with two attached hydrogens (primary N) is 1. The maximum atomic E-state index is 14.0. The van der Waals surface area contributed by atoms with Crippen molar-refractivity contribution >= 4 is 44.3 Å². The van der Waals surface area contributed by atoms with Gasteiger partial charge in [-0.15, -0.1) is 15.0 Å². The van der Waals surface area contributed by atoms with Crippen molar-refractivity contribution in [3.8, 4) is 5.69 Å². The second-order valence-corrected chi connectivity index (χ2v) is 8.73. The smallest absolute Gasteiger partial charge is 0.240 e. The van der Waals surface area contributed by atoms with Gasteiger partial charge >= 0.3 is 0 Å². The second-order valence-electron chi connectivity index (χ2n) is 6.79. The van der Waals surface area contributed by atoms with Crippen LogP contribution in [0.1, 0.15) is 5.56 Å². The molecule has 1 amide bonds. The van der Waals surface area contributed by atoms with Crippen LogP contribution in [0.15, 0.2) is 59.5 Å². The quantitative estimate of drug-likeness (QED) is 0.457. The molecule has 4 rings (SSSR count). The van der Waals surface area contributed by atoms with E-state index in [4.69, 9.17) is 16.7 Å². The average molecular weight is 478 g/mol. The summed E-state index contributed by atoms with van der Waals surface area (Å²) >= 11 is 6.06. The van der Waals surface area contributed by atoms with Gasteiger partial charge in [-0.05, 0) is 29.8 Å². The molecule has 32 heavy (non-hydrogen) atoms. The highest BCUT2D eigenvalue weighted by molar-refractivity contribution is 7.89. The molecule has 8 nitrogen and oxygen atoms in total. The van der Waals surface area contributed by atoms with Gasteiger partial charge in [0.05, 0.1) is 6.42 Å². The molecule has 0 fully saturated rings. The Balaban J connectivity index is 1.69. The number of carbonyl (C=O) groups is 1. The molecule has 164 valence electrons. The number of rotatable bonds is 5. The fraction of sp³-hybridized carbons (Fsp3) is 0.0500. The summed E-state index contributed by atoms with van der Waals surface area (Å²) in [6.07, 6.45) is -0.0386. The van der Waals surface area contributed by atoms with Gasteiger partial charge < -0.3 is 5.32 Å². The van der Waals surface area contributed by atoms with Crippen molar-refractivity contribution in [1.82, 2.24) is 15.0 Å². The summed E-state index contributed by atoms with van der Waals surface area (Å²) in [6.45, 7) is 0. The summed E-state index contributed by atoms with van der Waals surface area (Å²) in [4.78, 5) is 12.8. The molecule has 0 atom stereocenters. The molecule has 0 aliphatic carbocycles. The van der Waals surface area contributed by atoms with Gasteiger partial charge in [-0.3, -0.25) is 4.79 Å². The summed E-state index contributed by atoms with van der Waals surface area (Å²) in [7, 11) is -4.30. The number of anilines is 1. The van der Waals surface area contributed by atoms with Crippen molar-refractivity contribution < 1.29 is 22.0 Å². The van der Waals surface area contributed by atoms with E-state index in [0.29, 0.717) is 16.7 Å². The van der Waals surface area contributed by atoms with E-state index in [-0.39, 0.29) is 28.8 Å². The molecule has 0 aliphatic rings. The first-order valence-electron chi connectivity index (χ1n) is 9.04. The minimum atomic E-state index is -4.30. The number of halogens is 3. The van der Waals surface area contributed by atoms with E-state index in [9.17, 15) is 22.0 Å². The fourth-order valence-electron chi connectivity index (χ4n) is 3.06. The van der Waals surface area contributed by atoms with Crippen molar-refractivity contribution in [3.63, 3.8) is 0 Å². The van der Waals surface area contributed by atoms with E-state index < -0.39 is 32.5 Å². The summed E-state index contributed by atoms with van der Waals surface area (Å²) in [6, 6.07) is 12.2. The Labute approximate surface area is 185 Å². The molecular formula is C20H14ClF2N5O3S. The standard InChI is InChI=1S/C20H14ClF2N5O3S/c21-14-4-2-1-3-11(14)7-19(29)25-13-5-6-17(18(10-13)32(24,30)31)28-26-16-9-12(22)8-15(23)20(16)27-28/h1-6,8-10H,7H2,(H,25,29)(H2,24,30,31). The molecule has 3 aromatic carbocycles. The third kappa shape index (κ3) is 4.44. The van der Waals surface area contributed by atoms with Crippen molar-refractivity contribution in [2.75, 3.05) is 5.32 Å². The minimum absolute atomic E-state index is 0.0386. The lowest BCUT2D eigenvalue weighted by molar-refractivity contribution is -0.115. The maximum absolute atomic E-state index is 14.0. The van der Waals surface area contributed by atoms with Crippen molar-refractivity contribution in [1.29, 1.82) is 0 Å². The Hall–Kier alpha value is -3.41. The van der Waals surface area contributed by atoms with Crippen LogP contribution in [0.5, 0.6) is 0 Å². The van der Waals surface area contributed by atoms with E-state index in [1.807, 2.05) is 0 Å². The highest BCUT2D eigenvalue weighted by Gasteiger charge is 2.20. The highest BCUT2D eigenvalue weighted by Crippen LogP contribution is 2.25. The van der Waals surface area contributed by atoms with Crippen LogP contribution < -0.4 is 10.5 Å². The third-order valence-corrected chi connectivity index (χ3v) is 5.79. The molecule has 0 spiro atoms. The predicted octanol–water partition coefficient (Wildman–Crippen LogP) is 3.18. The number of aromatic nitrogens is 3. The Kier molecular flexibility index (Phi) is 5.63. The number of carbonyl (C=O) groups excluding carboxylic acids is 1. The third-order valence-electron chi connectivity index (χ3n) is 4.48. The molecule has 0 saturated carbocycles. The number of fused-ring (bicyclic) bond motifs is 1. The SMILES string of the molecule is NS(=O)(=O)c1cc(NC(=O)Cc2ccccc2Cl)ccc1-n1nc2cc(F)cc(F)c2n1. The van der Waals surface area contributed by atoms with Crippen LogP contribution in [0, 0.1) is 11.6 Å². The first-order chi connectivity index (χ1) is 15.1. The molecule has 0 bridgehead atoms. The van der Waals surface area contributed by atoms with Gasteiger partial charge in [0.1, 0.15) is 27.4 Å². The second kappa shape index (κ2) is 8.26. The molecular weight excluding hydrogens is 464 g/mol. The van der Waals surface area contributed by atoms with Gasteiger partial charge in [-0.25, -0.2) is 22.3 Å².